The SMILES string of the molecule is CC(C)c1ccc(CNC(CCO)C(C)(C)C)cc1. The fraction of sp³-hybridized carbons (Fsp3) is 0.647. The quantitative estimate of drug-likeness (QED) is 0.820. The van der Waals surface area contributed by atoms with Crippen LogP contribution in [0.2, 0.25) is 0 Å². The molecule has 0 fully saturated rings. The summed E-state index contributed by atoms with van der Waals surface area (Å²) < 4.78 is 0. The van der Waals surface area contributed by atoms with Crippen molar-refractivity contribution in [1.82, 2.24) is 5.32 Å². The summed E-state index contributed by atoms with van der Waals surface area (Å²) in [6.45, 7) is 12.2. The van der Waals surface area contributed by atoms with Crippen LogP contribution in [0, 0.1) is 5.41 Å². The van der Waals surface area contributed by atoms with Crippen LogP contribution in [0.25, 0.3) is 0 Å². The standard InChI is InChI=1S/C17H29NO/c1-13(2)15-8-6-14(7-9-15)12-18-16(10-11-19)17(3,4)5/h6-9,13,16,18-19H,10-12H2,1-5H3. The molecule has 0 spiro atoms. The van der Waals surface area contributed by atoms with Crippen LogP contribution in [-0.2, 0) is 6.54 Å². The van der Waals surface area contributed by atoms with Crippen LogP contribution in [0.3, 0.4) is 0 Å². The van der Waals surface area contributed by atoms with Crippen molar-refractivity contribution in [1.29, 1.82) is 0 Å². The molecule has 0 radical (unpaired) electrons. The second-order valence-corrected chi connectivity index (χ2v) is 6.71. The van der Waals surface area contributed by atoms with Crippen molar-refractivity contribution >= 4 is 0 Å². The Morgan fingerprint density at radius 3 is 2.11 bits per heavy atom. The Hall–Kier alpha value is -0.860. The molecular weight excluding hydrogens is 234 g/mol. The van der Waals surface area contributed by atoms with Crippen LogP contribution in [0.5, 0.6) is 0 Å². The Morgan fingerprint density at radius 1 is 1.11 bits per heavy atom. The van der Waals surface area contributed by atoms with Gasteiger partial charge in [0.2, 0.25) is 0 Å². The number of nitrogens with one attached hydrogen (secondary N) is 1. The molecule has 1 aromatic carbocycles. The Balaban J connectivity index is 2.59. The number of aliphatic hydroxyl groups excluding tert-OH is 1. The van der Waals surface area contributed by atoms with Crippen molar-refractivity contribution in [2.75, 3.05) is 6.61 Å². The molecule has 0 saturated carbocycles. The lowest BCUT2D eigenvalue weighted by molar-refractivity contribution is 0.196. The monoisotopic (exact) mass is 263 g/mol. The van der Waals surface area contributed by atoms with Crippen LogP contribution in [0.4, 0.5) is 0 Å². The first-order chi connectivity index (χ1) is 8.84. The first kappa shape index (κ1) is 16.2. The molecule has 0 heterocycles. The molecule has 0 aromatic heterocycles. The van der Waals surface area contributed by atoms with E-state index in [1.807, 2.05) is 0 Å². The Labute approximate surface area is 118 Å². The number of rotatable bonds is 6. The molecule has 19 heavy (non-hydrogen) atoms. The summed E-state index contributed by atoms with van der Waals surface area (Å²) >= 11 is 0. The minimum atomic E-state index is 0.167. The molecule has 0 amide bonds. The van der Waals surface area contributed by atoms with Crippen molar-refractivity contribution in [3.63, 3.8) is 0 Å². The van der Waals surface area contributed by atoms with E-state index in [-0.39, 0.29) is 12.0 Å². The van der Waals surface area contributed by atoms with E-state index in [4.69, 9.17) is 5.11 Å². The summed E-state index contributed by atoms with van der Waals surface area (Å²) in [5.74, 6) is 0.582. The lowest BCUT2D eigenvalue weighted by atomic mass is 9.85. The molecule has 0 aliphatic carbocycles. The van der Waals surface area contributed by atoms with Crippen molar-refractivity contribution in [2.24, 2.45) is 5.41 Å². The highest BCUT2D eigenvalue weighted by Crippen LogP contribution is 2.22. The van der Waals surface area contributed by atoms with Crippen molar-refractivity contribution < 1.29 is 5.11 Å². The minimum absolute atomic E-state index is 0.167. The van der Waals surface area contributed by atoms with Gasteiger partial charge in [0.05, 0.1) is 0 Å². The maximum atomic E-state index is 9.15. The van der Waals surface area contributed by atoms with Crippen molar-refractivity contribution in [3.05, 3.63) is 35.4 Å². The Bertz CT molecular complexity index is 362. The van der Waals surface area contributed by atoms with Crippen LogP contribution in [0.15, 0.2) is 24.3 Å². The van der Waals surface area contributed by atoms with E-state index in [1.54, 1.807) is 0 Å². The summed E-state index contributed by atoms with van der Waals surface area (Å²) in [4.78, 5) is 0. The van der Waals surface area contributed by atoms with Gasteiger partial charge in [0.15, 0.2) is 0 Å². The largest absolute Gasteiger partial charge is 0.396 e. The fourth-order valence-electron chi connectivity index (χ4n) is 2.23. The zero-order valence-electron chi connectivity index (χ0n) is 13.0. The number of hydrogen-bond acceptors (Lipinski definition) is 2. The molecule has 0 aliphatic heterocycles. The summed E-state index contributed by atoms with van der Waals surface area (Å²) in [5.41, 5.74) is 2.85. The van der Waals surface area contributed by atoms with Gasteiger partial charge in [-0.05, 0) is 28.9 Å². The van der Waals surface area contributed by atoms with Crippen LogP contribution >= 0.6 is 0 Å². The normalized spacial score (nSPS) is 13.8. The van der Waals surface area contributed by atoms with Gasteiger partial charge in [-0.15, -0.1) is 0 Å². The summed E-state index contributed by atoms with van der Waals surface area (Å²) in [7, 11) is 0. The highest BCUT2D eigenvalue weighted by atomic mass is 16.3. The Kier molecular flexibility index (Phi) is 6.02. The molecule has 2 heteroatoms. The van der Waals surface area contributed by atoms with Gasteiger partial charge in [-0.3, -0.25) is 0 Å². The summed E-state index contributed by atoms with van der Waals surface area (Å²) in [5, 5.41) is 12.7. The summed E-state index contributed by atoms with van der Waals surface area (Å²) in [6.07, 6.45) is 0.799. The molecule has 1 aromatic rings. The van der Waals surface area contributed by atoms with Gasteiger partial charge in [-0.1, -0.05) is 58.9 Å². The predicted octanol–water partition coefficient (Wildman–Crippen LogP) is 3.70. The zero-order valence-corrected chi connectivity index (χ0v) is 13.0. The first-order valence-electron chi connectivity index (χ1n) is 7.27. The molecule has 0 bridgehead atoms. The van der Waals surface area contributed by atoms with Crippen LogP contribution in [-0.4, -0.2) is 17.8 Å². The van der Waals surface area contributed by atoms with Crippen LogP contribution < -0.4 is 5.32 Å². The average molecular weight is 263 g/mol. The molecular formula is C17H29NO. The maximum absolute atomic E-state index is 9.15. The van der Waals surface area contributed by atoms with E-state index < -0.39 is 0 Å². The van der Waals surface area contributed by atoms with Gasteiger partial charge < -0.3 is 10.4 Å². The third kappa shape index (κ3) is 5.33. The minimum Gasteiger partial charge on any atom is -0.396 e. The number of aliphatic hydroxyl groups is 1. The van der Waals surface area contributed by atoms with Gasteiger partial charge in [-0.25, -0.2) is 0 Å². The van der Waals surface area contributed by atoms with Crippen molar-refractivity contribution in [3.8, 4) is 0 Å². The topological polar surface area (TPSA) is 32.3 Å². The van der Waals surface area contributed by atoms with E-state index in [1.165, 1.54) is 11.1 Å². The van der Waals surface area contributed by atoms with Gasteiger partial charge >= 0.3 is 0 Å². The molecule has 2 nitrogen and oxygen atoms in total. The Morgan fingerprint density at radius 2 is 1.68 bits per heavy atom. The number of benzene rings is 1. The van der Waals surface area contributed by atoms with Gasteiger partial charge in [0.1, 0.15) is 0 Å². The van der Waals surface area contributed by atoms with Crippen molar-refractivity contribution in [2.45, 2.75) is 59.5 Å². The molecule has 108 valence electrons. The fourth-order valence-corrected chi connectivity index (χ4v) is 2.23. The third-order valence-electron chi connectivity index (χ3n) is 3.66. The highest BCUT2D eigenvalue weighted by Gasteiger charge is 2.23. The second-order valence-electron chi connectivity index (χ2n) is 6.71. The third-order valence-corrected chi connectivity index (χ3v) is 3.66. The maximum Gasteiger partial charge on any atom is 0.0446 e. The molecule has 2 N–H and O–H groups in total. The lowest BCUT2D eigenvalue weighted by Gasteiger charge is -2.31. The van der Waals surface area contributed by atoms with E-state index >= 15 is 0 Å². The highest BCUT2D eigenvalue weighted by molar-refractivity contribution is 5.24. The lowest BCUT2D eigenvalue weighted by Crippen LogP contribution is -2.40. The van der Waals surface area contributed by atoms with E-state index in [9.17, 15) is 0 Å². The van der Waals surface area contributed by atoms with E-state index in [0.717, 1.165) is 13.0 Å². The molecule has 0 aliphatic rings. The molecule has 0 saturated heterocycles. The zero-order chi connectivity index (χ0) is 14.5. The van der Waals surface area contributed by atoms with Gasteiger partial charge in [0, 0.05) is 19.2 Å². The van der Waals surface area contributed by atoms with Gasteiger partial charge in [-0.2, -0.15) is 0 Å². The second kappa shape index (κ2) is 7.06. The van der Waals surface area contributed by atoms with Crippen LogP contribution in [0.1, 0.15) is 58.1 Å². The molecule has 1 unspecified atom stereocenters. The molecule has 1 atom stereocenters. The molecule has 1 rings (SSSR count). The smallest absolute Gasteiger partial charge is 0.0446 e. The number of hydrogen-bond donors (Lipinski definition) is 2. The predicted molar refractivity (Wildman–Crippen MR) is 82.3 cm³/mol. The summed E-state index contributed by atoms with van der Waals surface area (Å²) in [6, 6.07) is 9.14. The first-order valence-corrected chi connectivity index (χ1v) is 7.27. The van der Waals surface area contributed by atoms with E-state index in [2.05, 4.69) is 64.2 Å². The average Bonchev–Trinajstić information content (AvgIpc) is 2.33. The van der Waals surface area contributed by atoms with E-state index in [0.29, 0.717) is 12.0 Å². The van der Waals surface area contributed by atoms with Gasteiger partial charge in [0.25, 0.3) is 0 Å².